The van der Waals surface area contributed by atoms with Crippen molar-refractivity contribution in [3.8, 4) is 22.9 Å². The van der Waals surface area contributed by atoms with Crippen molar-refractivity contribution in [1.82, 2.24) is 19.5 Å². The minimum absolute atomic E-state index is 0.280. The number of carbonyl (C=O) groups is 1. The highest BCUT2D eigenvalue weighted by Gasteiger charge is 2.24. The fourth-order valence-electron chi connectivity index (χ4n) is 3.42. The molecule has 3 aromatic rings. The fourth-order valence-corrected chi connectivity index (χ4v) is 4.29. The summed E-state index contributed by atoms with van der Waals surface area (Å²) in [7, 11) is 0.274. The summed E-state index contributed by atoms with van der Waals surface area (Å²) in [5, 5.41) is 14.9. The third kappa shape index (κ3) is 2.75. The number of aromatic nitrogens is 3. The standard InChI is InChI=1S/C19H14N6O3S/c1-24-4-5-28-16-7-13(14(9-20)22-19(16)24)11-2-3-15-12(6-11)10-21-25(15)18-8-17(26)23-29(18)27/h2-3,6-8,10H,4-5H2,1H3,(H,23,26). The Labute approximate surface area is 167 Å². The van der Waals surface area contributed by atoms with Gasteiger partial charge in [0.05, 0.1) is 18.3 Å². The maximum Gasteiger partial charge on any atom is 0.258 e. The SMILES string of the molecule is CN1CCOc2cc(-c3ccc4c(cnn4C4=CC(=O)NS4=O)c3)c(C#N)nc21. The quantitative estimate of drug-likeness (QED) is 0.684. The Balaban J connectivity index is 1.62. The number of carbonyl (C=O) groups excluding carboxylic acids is 1. The Morgan fingerprint density at radius 1 is 1.34 bits per heavy atom. The number of rotatable bonds is 2. The van der Waals surface area contributed by atoms with Gasteiger partial charge in [-0.25, -0.2) is 13.9 Å². The molecule has 9 nitrogen and oxygen atoms in total. The number of fused-ring (bicyclic) bond motifs is 2. The van der Waals surface area contributed by atoms with Gasteiger partial charge in [-0.3, -0.25) is 9.52 Å². The van der Waals surface area contributed by atoms with Gasteiger partial charge in [-0.1, -0.05) is 6.07 Å². The molecule has 29 heavy (non-hydrogen) atoms. The van der Waals surface area contributed by atoms with Crippen LogP contribution in [0.2, 0.25) is 0 Å². The second-order valence-corrected chi connectivity index (χ2v) is 7.80. The molecule has 2 aliphatic heterocycles. The fraction of sp³-hybridized carbons (Fsp3) is 0.158. The van der Waals surface area contributed by atoms with E-state index >= 15 is 0 Å². The van der Waals surface area contributed by atoms with Crippen molar-refractivity contribution in [2.75, 3.05) is 25.1 Å². The second-order valence-electron chi connectivity index (χ2n) is 6.64. The van der Waals surface area contributed by atoms with E-state index in [-0.39, 0.29) is 5.03 Å². The molecule has 1 aromatic carbocycles. The highest BCUT2D eigenvalue weighted by molar-refractivity contribution is 7.93. The van der Waals surface area contributed by atoms with Crippen LogP contribution in [0.25, 0.3) is 27.1 Å². The van der Waals surface area contributed by atoms with E-state index in [9.17, 15) is 14.3 Å². The zero-order valence-corrected chi connectivity index (χ0v) is 16.1. The lowest BCUT2D eigenvalue weighted by atomic mass is 10.0. The van der Waals surface area contributed by atoms with Gasteiger partial charge in [-0.05, 0) is 23.8 Å². The predicted molar refractivity (Wildman–Crippen MR) is 107 cm³/mol. The Kier molecular flexibility index (Phi) is 3.85. The molecule has 2 aromatic heterocycles. The molecule has 10 heteroatoms. The number of benzene rings is 1. The average molecular weight is 406 g/mol. The smallest absolute Gasteiger partial charge is 0.258 e. The molecule has 144 valence electrons. The second kappa shape index (κ2) is 6.42. The summed E-state index contributed by atoms with van der Waals surface area (Å²) in [5.74, 6) is 0.875. The van der Waals surface area contributed by atoms with Gasteiger partial charge in [0, 0.05) is 24.1 Å². The molecule has 0 aliphatic carbocycles. The van der Waals surface area contributed by atoms with Crippen LogP contribution in [0.15, 0.2) is 36.5 Å². The first-order chi connectivity index (χ1) is 14.0. The van der Waals surface area contributed by atoms with Gasteiger partial charge < -0.3 is 9.64 Å². The first-order valence-electron chi connectivity index (χ1n) is 8.77. The lowest BCUT2D eigenvalue weighted by Gasteiger charge is -2.27. The van der Waals surface area contributed by atoms with Gasteiger partial charge in [-0.2, -0.15) is 10.4 Å². The Bertz CT molecular complexity index is 1290. The molecule has 1 N–H and O–H groups in total. The van der Waals surface area contributed by atoms with Crippen molar-refractivity contribution in [3.05, 3.63) is 42.2 Å². The number of anilines is 1. The van der Waals surface area contributed by atoms with Crippen LogP contribution in [0.5, 0.6) is 5.75 Å². The summed E-state index contributed by atoms with van der Waals surface area (Å²) in [6, 6.07) is 9.52. The molecule has 1 amide bonds. The van der Waals surface area contributed by atoms with Gasteiger partial charge in [0.1, 0.15) is 12.7 Å². The molecule has 0 saturated carbocycles. The largest absolute Gasteiger partial charge is 0.488 e. The highest BCUT2D eigenvalue weighted by Crippen LogP contribution is 2.36. The van der Waals surface area contributed by atoms with Crippen LogP contribution in [0.1, 0.15) is 5.69 Å². The molecule has 0 fully saturated rings. The summed E-state index contributed by atoms with van der Waals surface area (Å²) < 4.78 is 21.6. The normalized spacial score (nSPS) is 18.1. The molecule has 1 unspecified atom stereocenters. The van der Waals surface area contributed by atoms with Crippen LogP contribution in [-0.4, -0.2) is 45.1 Å². The van der Waals surface area contributed by atoms with E-state index in [2.05, 4.69) is 20.9 Å². The van der Waals surface area contributed by atoms with Crippen molar-refractivity contribution in [3.63, 3.8) is 0 Å². The maximum atomic E-state index is 12.0. The number of nitriles is 1. The minimum atomic E-state index is -1.64. The van der Waals surface area contributed by atoms with Gasteiger partial charge in [0.2, 0.25) is 0 Å². The molecule has 0 bridgehead atoms. The highest BCUT2D eigenvalue weighted by atomic mass is 32.2. The topological polar surface area (TPSA) is 113 Å². The molecular weight excluding hydrogens is 392 g/mol. The van der Waals surface area contributed by atoms with E-state index in [4.69, 9.17) is 4.74 Å². The summed E-state index contributed by atoms with van der Waals surface area (Å²) in [6.07, 6.45) is 2.90. The molecule has 1 atom stereocenters. The van der Waals surface area contributed by atoms with Crippen molar-refractivity contribution in [1.29, 1.82) is 5.26 Å². The molecular formula is C19H14N6O3S. The minimum Gasteiger partial charge on any atom is -0.488 e. The van der Waals surface area contributed by atoms with Gasteiger partial charge in [0.15, 0.2) is 33.3 Å². The first kappa shape index (κ1) is 17.4. The summed E-state index contributed by atoms with van der Waals surface area (Å²) >= 11 is 0. The van der Waals surface area contributed by atoms with Crippen LogP contribution in [0.4, 0.5) is 5.82 Å². The Morgan fingerprint density at radius 3 is 2.97 bits per heavy atom. The number of ether oxygens (including phenoxy) is 1. The van der Waals surface area contributed by atoms with Gasteiger partial charge in [0.25, 0.3) is 5.91 Å². The third-order valence-electron chi connectivity index (χ3n) is 4.85. The van der Waals surface area contributed by atoms with Gasteiger partial charge in [-0.15, -0.1) is 0 Å². The number of nitrogens with zero attached hydrogens (tertiary/aromatic N) is 5. The average Bonchev–Trinajstić information content (AvgIpc) is 3.28. The first-order valence-corrected chi connectivity index (χ1v) is 9.92. The Hall–Kier alpha value is -3.71. The summed E-state index contributed by atoms with van der Waals surface area (Å²) in [5.41, 5.74) is 2.46. The lowest BCUT2D eigenvalue weighted by Crippen LogP contribution is -2.30. The molecule has 2 aliphatic rings. The van der Waals surface area contributed by atoms with E-state index in [1.54, 1.807) is 6.20 Å². The molecule has 4 heterocycles. The monoisotopic (exact) mass is 406 g/mol. The van der Waals surface area contributed by atoms with Crippen molar-refractivity contribution < 1.29 is 13.7 Å². The van der Waals surface area contributed by atoms with E-state index in [0.717, 1.165) is 10.9 Å². The number of nitrogens with one attached hydrogen (secondary N) is 1. The summed E-state index contributed by atoms with van der Waals surface area (Å²) in [4.78, 5) is 17.9. The van der Waals surface area contributed by atoms with Crippen LogP contribution >= 0.6 is 0 Å². The van der Waals surface area contributed by atoms with Crippen molar-refractivity contribution in [2.45, 2.75) is 0 Å². The molecule has 5 rings (SSSR count). The van der Waals surface area contributed by atoms with E-state index in [1.165, 1.54) is 10.8 Å². The van der Waals surface area contributed by atoms with E-state index < -0.39 is 16.9 Å². The summed E-state index contributed by atoms with van der Waals surface area (Å²) in [6.45, 7) is 1.27. The molecule has 0 radical (unpaired) electrons. The molecule has 0 saturated heterocycles. The molecule has 0 spiro atoms. The number of hydrogen-bond donors (Lipinski definition) is 1. The number of hydrogen-bond acceptors (Lipinski definition) is 7. The maximum absolute atomic E-state index is 12.0. The zero-order valence-electron chi connectivity index (χ0n) is 15.2. The van der Waals surface area contributed by atoms with Crippen molar-refractivity contribution in [2.24, 2.45) is 0 Å². The van der Waals surface area contributed by atoms with Crippen molar-refractivity contribution >= 4 is 38.6 Å². The van der Waals surface area contributed by atoms with Gasteiger partial charge >= 0.3 is 0 Å². The van der Waals surface area contributed by atoms with Crippen LogP contribution in [0.3, 0.4) is 0 Å². The van der Waals surface area contributed by atoms with E-state index in [1.807, 2.05) is 36.2 Å². The van der Waals surface area contributed by atoms with E-state index in [0.29, 0.717) is 41.5 Å². The number of likely N-dealkylation sites (N-methyl/N-ethyl adjacent to an activating group) is 1. The third-order valence-corrected chi connectivity index (χ3v) is 5.90. The zero-order chi connectivity index (χ0) is 20.1. The predicted octanol–water partition coefficient (Wildman–Crippen LogP) is 1.39. The van der Waals surface area contributed by atoms with Crippen LogP contribution in [-0.2, 0) is 15.8 Å². The van der Waals surface area contributed by atoms with Crippen LogP contribution in [0, 0.1) is 11.3 Å². The lowest BCUT2D eigenvalue weighted by molar-refractivity contribution is -0.114. The number of pyridine rings is 1. The Morgan fingerprint density at radius 2 is 2.21 bits per heavy atom. The van der Waals surface area contributed by atoms with Crippen LogP contribution < -0.4 is 14.4 Å². The number of amides is 1.